The molecule has 0 aromatic carbocycles. The minimum atomic E-state index is 0.673. The maximum Gasteiger partial charge on any atom is 0.202 e. The van der Waals surface area contributed by atoms with Crippen molar-refractivity contribution in [1.29, 1.82) is 0 Å². The normalized spacial score (nSPS) is 16.2. The van der Waals surface area contributed by atoms with Crippen LogP contribution in [0.1, 0.15) is 44.9 Å². The van der Waals surface area contributed by atoms with Gasteiger partial charge in [-0.1, -0.05) is 13.8 Å². The highest BCUT2D eigenvalue weighted by Crippen LogP contribution is 2.39. The molecule has 1 aromatic rings. The predicted molar refractivity (Wildman–Crippen MR) is 59.8 cm³/mol. The maximum absolute atomic E-state index is 4.47. The molecule has 14 heavy (non-hydrogen) atoms. The van der Waals surface area contributed by atoms with Crippen molar-refractivity contribution in [3.8, 4) is 0 Å². The van der Waals surface area contributed by atoms with Crippen LogP contribution in [0, 0.1) is 5.92 Å². The van der Waals surface area contributed by atoms with Gasteiger partial charge in [-0.2, -0.15) is 4.37 Å². The van der Waals surface area contributed by atoms with Crippen LogP contribution < -0.4 is 5.32 Å². The molecule has 0 spiro atoms. The molecule has 0 atom stereocenters. The van der Waals surface area contributed by atoms with Gasteiger partial charge < -0.3 is 5.32 Å². The molecule has 1 aliphatic rings. The maximum atomic E-state index is 4.47. The summed E-state index contributed by atoms with van der Waals surface area (Å²) in [6, 6.07) is 0. The quantitative estimate of drug-likeness (QED) is 0.813. The molecular formula is C10H17N3S. The van der Waals surface area contributed by atoms with E-state index in [1.807, 2.05) is 0 Å². The van der Waals surface area contributed by atoms with Gasteiger partial charge >= 0.3 is 0 Å². The minimum absolute atomic E-state index is 0.673. The number of anilines is 1. The van der Waals surface area contributed by atoms with E-state index in [0.717, 1.165) is 23.4 Å². The fraction of sp³-hybridized carbons (Fsp3) is 0.800. The lowest BCUT2D eigenvalue weighted by Crippen LogP contribution is -2.04. The average Bonchev–Trinajstić information content (AvgIpc) is 2.87. The Morgan fingerprint density at radius 1 is 1.50 bits per heavy atom. The molecule has 0 amide bonds. The van der Waals surface area contributed by atoms with Crippen LogP contribution in [0.25, 0.3) is 0 Å². The summed E-state index contributed by atoms with van der Waals surface area (Å²) in [5.74, 6) is 2.48. The Labute approximate surface area is 89.1 Å². The molecule has 0 radical (unpaired) electrons. The van der Waals surface area contributed by atoms with Crippen LogP contribution in [-0.2, 0) is 0 Å². The van der Waals surface area contributed by atoms with Crippen LogP contribution in [0.2, 0.25) is 0 Å². The Hall–Kier alpha value is -0.640. The number of nitrogens with zero attached hydrogens (tertiary/aromatic N) is 2. The number of aromatic nitrogens is 2. The van der Waals surface area contributed by atoms with E-state index in [4.69, 9.17) is 0 Å². The zero-order valence-electron chi connectivity index (χ0n) is 8.79. The van der Waals surface area contributed by atoms with Crippen molar-refractivity contribution in [2.75, 3.05) is 11.9 Å². The monoisotopic (exact) mass is 211 g/mol. The van der Waals surface area contributed by atoms with E-state index in [0.29, 0.717) is 5.92 Å². The molecule has 1 aliphatic carbocycles. The Morgan fingerprint density at radius 3 is 2.93 bits per heavy atom. The van der Waals surface area contributed by atoms with Crippen LogP contribution in [0.4, 0.5) is 5.13 Å². The molecule has 0 saturated heterocycles. The zero-order valence-corrected chi connectivity index (χ0v) is 9.60. The molecule has 1 heterocycles. The molecule has 0 bridgehead atoms. The second kappa shape index (κ2) is 4.26. The topological polar surface area (TPSA) is 37.8 Å². The van der Waals surface area contributed by atoms with Crippen molar-refractivity contribution >= 4 is 16.7 Å². The molecule has 78 valence electrons. The van der Waals surface area contributed by atoms with Gasteiger partial charge in [-0.05, 0) is 25.2 Å². The van der Waals surface area contributed by atoms with E-state index >= 15 is 0 Å². The fourth-order valence-corrected chi connectivity index (χ4v) is 1.95. The molecule has 1 aromatic heterocycles. The molecule has 1 fully saturated rings. The molecule has 1 N–H and O–H groups in total. The first kappa shape index (κ1) is 9.90. The number of rotatable bonds is 5. The molecule has 0 unspecified atom stereocenters. The van der Waals surface area contributed by atoms with E-state index in [9.17, 15) is 0 Å². The average molecular weight is 211 g/mol. The van der Waals surface area contributed by atoms with Crippen molar-refractivity contribution in [2.24, 2.45) is 5.92 Å². The summed E-state index contributed by atoms with van der Waals surface area (Å²) < 4.78 is 4.34. The van der Waals surface area contributed by atoms with Crippen molar-refractivity contribution in [1.82, 2.24) is 9.36 Å². The molecule has 0 aliphatic heterocycles. The standard InChI is InChI=1S/C10H17N3S/c1-7(2)5-6-11-10-12-9(13-14-10)8-3-4-8/h7-8H,3-6H2,1-2H3,(H,11,12,13). The van der Waals surface area contributed by atoms with Gasteiger partial charge in [0.1, 0.15) is 5.82 Å². The number of hydrogen-bond acceptors (Lipinski definition) is 4. The third-order valence-electron chi connectivity index (χ3n) is 2.38. The van der Waals surface area contributed by atoms with E-state index in [-0.39, 0.29) is 0 Å². The van der Waals surface area contributed by atoms with E-state index in [1.165, 1.54) is 30.8 Å². The molecule has 4 heteroatoms. The first-order chi connectivity index (χ1) is 6.75. The molecule has 2 rings (SSSR count). The lowest BCUT2D eigenvalue weighted by atomic mass is 10.1. The third-order valence-corrected chi connectivity index (χ3v) is 3.07. The summed E-state index contributed by atoms with van der Waals surface area (Å²) in [6.45, 7) is 5.48. The summed E-state index contributed by atoms with van der Waals surface area (Å²) in [5.41, 5.74) is 0. The van der Waals surface area contributed by atoms with Gasteiger partial charge in [-0.15, -0.1) is 0 Å². The van der Waals surface area contributed by atoms with Gasteiger partial charge in [0.05, 0.1) is 0 Å². The summed E-state index contributed by atoms with van der Waals surface area (Å²) in [6.07, 6.45) is 3.75. The summed E-state index contributed by atoms with van der Waals surface area (Å²) >= 11 is 1.50. The van der Waals surface area contributed by atoms with Gasteiger partial charge in [0.15, 0.2) is 0 Å². The van der Waals surface area contributed by atoms with Crippen LogP contribution in [0.3, 0.4) is 0 Å². The molecule has 1 saturated carbocycles. The summed E-state index contributed by atoms with van der Waals surface area (Å²) in [7, 11) is 0. The third kappa shape index (κ3) is 2.67. The van der Waals surface area contributed by atoms with Gasteiger partial charge in [-0.25, -0.2) is 4.98 Å². The number of hydrogen-bond donors (Lipinski definition) is 1. The highest BCUT2D eigenvalue weighted by Gasteiger charge is 2.27. The van der Waals surface area contributed by atoms with E-state index in [1.54, 1.807) is 0 Å². The molecule has 3 nitrogen and oxygen atoms in total. The van der Waals surface area contributed by atoms with Crippen molar-refractivity contribution in [3.63, 3.8) is 0 Å². The second-order valence-electron chi connectivity index (χ2n) is 4.34. The highest BCUT2D eigenvalue weighted by molar-refractivity contribution is 7.09. The summed E-state index contributed by atoms with van der Waals surface area (Å²) in [4.78, 5) is 4.47. The van der Waals surface area contributed by atoms with E-state index in [2.05, 4.69) is 28.5 Å². The van der Waals surface area contributed by atoms with Crippen molar-refractivity contribution in [2.45, 2.75) is 39.0 Å². The summed E-state index contributed by atoms with van der Waals surface area (Å²) in [5, 5.41) is 4.32. The van der Waals surface area contributed by atoms with Gasteiger partial charge in [0, 0.05) is 24.0 Å². The zero-order chi connectivity index (χ0) is 9.97. The first-order valence-electron chi connectivity index (χ1n) is 5.33. The van der Waals surface area contributed by atoms with Crippen molar-refractivity contribution < 1.29 is 0 Å². The smallest absolute Gasteiger partial charge is 0.202 e. The van der Waals surface area contributed by atoms with Crippen LogP contribution in [0.5, 0.6) is 0 Å². The molecular weight excluding hydrogens is 194 g/mol. The first-order valence-corrected chi connectivity index (χ1v) is 6.10. The van der Waals surface area contributed by atoms with E-state index < -0.39 is 0 Å². The van der Waals surface area contributed by atoms with Gasteiger partial charge in [-0.3, -0.25) is 0 Å². The Balaban J connectivity index is 1.78. The van der Waals surface area contributed by atoms with Crippen LogP contribution in [0.15, 0.2) is 0 Å². The minimum Gasteiger partial charge on any atom is -0.360 e. The largest absolute Gasteiger partial charge is 0.360 e. The SMILES string of the molecule is CC(C)CCNc1nc(C2CC2)ns1. The van der Waals surface area contributed by atoms with Crippen LogP contribution in [-0.4, -0.2) is 15.9 Å². The lowest BCUT2D eigenvalue weighted by Gasteiger charge is -2.03. The predicted octanol–water partition coefficient (Wildman–Crippen LogP) is 2.87. The Morgan fingerprint density at radius 2 is 2.29 bits per heavy atom. The van der Waals surface area contributed by atoms with Crippen molar-refractivity contribution in [3.05, 3.63) is 5.82 Å². The number of nitrogens with one attached hydrogen (secondary N) is 1. The van der Waals surface area contributed by atoms with Gasteiger partial charge in [0.2, 0.25) is 5.13 Å². The Kier molecular flexibility index (Phi) is 3.01. The lowest BCUT2D eigenvalue weighted by molar-refractivity contribution is 0.607. The fourth-order valence-electron chi connectivity index (χ4n) is 1.28. The Bertz CT molecular complexity index is 291. The van der Waals surface area contributed by atoms with Gasteiger partial charge in [0.25, 0.3) is 0 Å². The second-order valence-corrected chi connectivity index (χ2v) is 5.09. The highest BCUT2D eigenvalue weighted by atomic mass is 32.1. The van der Waals surface area contributed by atoms with Crippen LogP contribution >= 0.6 is 11.5 Å².